The van der Waals surface area contributed by atoms with Crippen LogP contribution in [0.5, 0.6) is 0 Å². The van der Waals surface area contributed by atoms with Crippen LogP contribution < -0.4 is 21.0 Å². The molecule has 0 aromatic heterocycles. The molecular formula is C18H25BClN3O8. The monoisotopic (exact) mass is 457 g/mol. The molecule has 1 rings (SSSR count). The van der Waals surface area contributed by atoms with Gasteiger partial charge in [0.25, 0.3) is 0 Å². The fourth-order valence-electron chi connectivity index (χ4n) is 2.61. The first-order valence-corrected chi connectivity index (χ1v) is 9.81. The highest BCUT2D eigenvalue weighted by Crippen LogP contribution is 2.19. The van der Waals surface area contributed by atoms with Gasteiger partial charge in [-0.25, -0.2) is 9.59 Å². The number of rotatable bonds is 12. The fourth-order valence-corrected chi connectivity index (χ4v) is 2.88. The van der Waals surface area contributed by atoms with Crippen molar-refractivity contribution in [3.63, 3.8) is 0 Å². The van der Waals surface area contributed by atoms with Crippen LogP contribution in [0.2, 0.25) is 5.02 Å². The van der Waals surface area contributed by atoms with Crippen molar-refractivity contribution < 1.29 is 39.4 Å². The molecule has 0 heterocycles. The van der Waals surface area contributed by atoms with Gasteiger partial charge in [-0.2, -0.15) is 0 Å². The number of nitrogens with one attached hydrogen (secondary N) is 2. The lowest BCUT2D eigenvalue weighted by Gasteiger charge is -2.19. The van der Waals surface area contributed by atoms with E-state index >= 15 is 0 Å². The van der Waals surface area contributed by atoms with E-state index in [1.165, 1.54) is 30.1 Å². The van der Waals surface area contributed by atoms with Gasteiger partial charge in [-0.05, 0) is 31.4 Å². The summed E-state index contributed by atoms with van der Waals surface area (Å²) in [5.41, 5.74) is 0.524. The molecule has 0 fully saturated rings. The fraction of sp³-hybridized carbons (Fsp3) is 0.444. The van der Waals surface area contributed by atoms with Gasteiger partial charge in [0.1, 0.15) is 6.04 Å². The van der Waals surface area contributed by atoms with Crippen molar-refractivity contribution in [2.45, 2.75) is 38.1 Å². The molecule has 0 aliphatic rings. The number of hydrogen-bond acceptors (Lipinski definition) is 6. The molecule has 0 saturated carbocycles. The van der Waals surface area contributed by atoms with Crippen molar-refractivity contribution in [3.8, 4) is 0 Å². The third-order valence-electron chi connectivity index (χ3n) is 4.36. The van der Waals surface area contributed by atoms with Gasteiger partial charge in [0, 0.05) is 42.6 Å². The maximum Gasteiger partial charge on any atom is 0.489 e. The van der Waals surface area contributed by atoms with E-state index in [2.05, 4.69) is 10.6 Å². The molecule has 0 saturated heterocycles. The Morgan fingerprint density at radius 2 is 1.81 bits per heavy atom. The summed E-state index contributed by atoms with van der Waals surface area (Å²) in [5.74, 6) is -2.58. The van der Waals surface area contributed by atoms with E-state index in [0.29, 0.717) is 5.69 Å². The van der Waals surface area contributed by atoms with Gasteiger partial charge in [0.15, 0.2) is 0 Å². The average molecular weight is 458 g/mol. The summed E-state index contributed by atoms with van der Waals surface area (Å²) in [7, 11) is -0.238. The highest BCUT2D eigenvalue weighted by atomic mass is 35.5. The van der Waals surface area contributed by atoms with Gasteiger partial charge in [0.2, 0.25) is 5.91 Å². The molecule has 0 aliphatic carbocycles. The molecule has 0 aliphatic heterocycles. The number of anilines is 1. The van der Waals surface area contributed by atoms with Crippen molar-refractivity contribution in [1.29, 1.82) is 0 Å². The standard InChI is InChI=1S/C18H25BClN3O8/c1-23(11-7-8-12(19(30)31)13(20)10-11)15(24)5-2-4-14(17(27)28)22-18(29)21-9-3-6-16(25)26/h7-8,10,14,30-31H,2-6,9H2,1H3,(H,25,26)(H,27,28)(H2,21,22,29). The number of halogens is 1. The van der Waals surface area contributed by atoms with E-state index < -0.39 is 31.1 Å². The minimum Gasteiger partial charge on any atom is -0.481 e. The molecule has 3 amide bonds. The Labute approximate surface area is 184 Å². The molecule has 0 spiro atoms. The summed E-state index contributed by atoms with van der Waals surface area (Å²) in [6, 6.07) is 2.34. The van der Waals surface area contributed by atoms with Crippen LogP contribution in [0.3, 0.4) is 0 Å². The summed E-state index contributed by atoms with van der Waals surface area (Å²) < 4.78 is 0. The van der Waals surface area contributed by atoms with Crippen LogP contribution in [0.25, 0.3) is 0 Å². The maximum absolute atomic E-state index is 12.4. The molecule has 31 heavy (non-hydrogen) atoms. The van der Waals surface area contributed by atoms with Gasteiger partial charge in [0.05, 0.1) is 0 Å². The van der Waals surface area contributed by atoms with Crippen molar-refractivity contribution >= 4 is 53.7 Å². The topological polar surface area (TPSA) is 176 Å². The predicted molar refractivity (Wildman–Crippen MR) is 113 cm³/mol. The largest absolute Gasteiger partial charge is 0.489 e. The summed E-state index contributed by atoms with van der Waals surface area (Å²) in [6.45, 7) is 0.0857. The number of aliphatic carboxylic acids is 2. The predicted octanol–water partition coefficient (Wildman–Crippen LogP) is -0.230. The van der Waals surface area contributed by atoms with E-state index in [-0.39, 0.29) is 55.0 Å². The molecular weight excluding hydrogens is 432 g/mol. The summed E-state index contributed by atoms with van der Waals surface area (Å²) >= 11 is 5.96. The number of amides is 3. The van der Waals surface area contributed by atoms with Gasteiger partial charge in [-0.1, -0.05) is 17.7 Å². The van der Waals surface area contributed by atoms with Gasteiger partial charge >= 0.3 is 25.1 Å². The van der Waals surface area contributed by atoms with Gasteiger partial charge in [-0.3, -0.25) is 9.59 Å². The Bertz CT molecular complexity index is 808. The average Bonchev–Trinajstić information content (AvgIpc) is 2.69. The van der Waals surface area contributed by atoms with Crippen LogP contribution in [0.4, 0.5) is 10.5 Å². The number of carboxylic acids is 2. The lowest BCUT2D eigenvalue weighted by atomic mass is 9.80. The van der Waals surface area contributed by atoms with E-state index in [0.717, 1.165) is 0 Å². The zero-order valence-electron chi connectivity index (χ0n) is 16.9. The van der Waals surface area contributed by atoms with Gasteiger partial charge < -0.3 is 35.8 Å². The van der Waals surface area contributed by atoms with Crippen molar-refractivity contribution in [3.05, 3.63) is 23.2 Å². The zero-order chi connectivity index (χ0) is 23.6. The number of nitrogens with zero attached hydrogens (tertiary/aromatic N) is 1. The molecule has 0 bridgehead atoms. The second-order valence-electron chi connectivity index (χ2n) is 6.71. The Kier molecular flexibility index (Phi) is 10.8. The zero-order valence-corrected chi connectivity index (χ0v) is 17.6. The Morgan fingerprint density at radius 3 is 2.35 bits per heavy atom. The molecule has 0 radical (unpaired) electrons. The SMILES string of the molecule is CN(C(=O)CCCC(NC(=O)NCCCC(=O)O)C(=O)O)c1ccc(B(O)O)c(Cl)c1. The highest BCUT2D eigenvalue weighted by Gasteiger charge is 2.21. The normalized spacial score (nSPS) is 11.4. The van der Waals surface area contributed by atoms with Crippen molar-refractivity contribution in [2.24, 2.45) is 0 Å². The minimum atomic E-state index is -1.74. The molecule has 170 valence electrons. The molecule has 1 atom stereocenters. The van der Waals surface area contributed by atoms with E-state index in [1.807, 2.05) is 0 Å². The first kappa shape index (κ1) is 26.2. The maximum atomic E-state index is 12.4. The van der Waals surface area contributed by atoms with Crippen LogP contribution in [-0.4, -0.2) is 70.9 Å². The van der Waals surface area contributed by atoms with Crippen molar-refractivity contribution in [2.75, 3.05) is 18.5 Å². The molecule has 13 heteroatoms. The second kappa shape index (κ2) is 12.8. The Hall–Kier alpha value is -2.83. The van der Waals surface area contributed by atoms with Crippen LogP contribution in [0.15, 0.2) is 18.2 Å². The third kappa shape index (κ3) is 9.24. The van der Waals surface area contributed by atoms with Crippen LogP contribution in [0.1, 0.15) is 32.1 Å². The minimum absolute atomic E-state index is 0.00415. The molecule has 1 unspecified atom stereocenters. The first-order chi connectivity index (χ1) is 14.5. The van der Waals surface area contributed by atoms with E-state index in [4.69, 9.17) is 16.7 Å². The molecule has 1 aromatic rings. The van der Waals surface area contributed by atoms with Gasteiger partial charge in [-0.15, -0.1) is 0 Å². The highest BCUT2D eigenvalue weighted by molar-refractivity contribution is 6.62. The third-order valence-corrected chi connectivity index (χ3v) is 4.69. The molecule has 6 N–H and O–H groups in total. The van der Waals surface area contributed by atoms with E-state index in [1.54, 1.807) is 0 Å². The lowest BCUT2D eigenvalue weighted by molar-refractivity contribution is -0.139. The number of carbonyl (C=O) groups is 4. The Morgan fingerprint density at radius 1 is 1.13 bits per heavy atom. The van der Waals surface area contributed by atoms with Crippen LogP contribution >= 0.6 is 11.6 Å². The lowest BCUT2D eigenvalue weighted by Crippen LogP contribution is -2.46. The second-order valence-corrected chi connectivity index (χ2v) is 7.12. The summed E-state index contributed by atoms with van der Waals surface area (Å²) in [5, 5.41) is 40.9. The smallest absolute Gasteiger partial charge is 0.481 e. The molecule has 1 aromatic carbocycles. The number of urea groups is 1. The quantitative estimate of drug-likeness (QED) is 0.184. The number of benzene rings is 1. The summed E-state index contributed by atoms with van der Waals surface area (Å²) in [4.78, 5) is 47.2. The number of hydrogen-bond donors (Lipinski definition) is 6. The van der Waals surface area contributed by atoms with Crippen LogP contribution in [0, 0.1) is 0 Å². The summed E-state index contributed by atoms with van der Waals surface area (Å²) in [6.07, 6.45) is 0.287. The van der Waals surface area contributed by atoms with E-state index in [9.17, 15) is 34.3 Å². The number of carbonyl (C=O) groups excluding carboxylic acids is 2. The first-order valence-electron chi connectivity index (χ1n) is 9.44. The molecule has 11 nitrogen and oxygen atoms in total. The van der Waals surface area contributed by atoms with Crippen molar-refractivity contribution in [1.82, 2.24) is 10.6 Å². The number of carboxylic acid groups (broad SMARTS) is 2. The van der Waals surface area contributed by atoms with Crippen LogP contribution in [-0.2, 0) is 14.4 Å². The Balaban J connectivity index is 2.51.